The molecule has 1 aliphatic rings. The second-order valence-corrected chi connectivity index (χ2v) is 7.75. The van der Waals surface area contributed by atoms with Crippen molar-refractivity contribution in [1.29, 1.82) is 0 Å². The van der Waals surface area contributed by atoms with Crippen LogP contribution in [0.4, 0.5) is 14.7 Å². The molecule has 0 bridgehead atoms. The molecule has 3 aromatic rings. The number of H-pyrrole nitrogens is 1. The number of nitrogens with zero attached hydrogens (tertiary/aromatic N) is 2. The molecule has 3 heterocycles. The van der Waals surface area contributed by atoms with Gasteiger partial charge in [0, 0.05) is 30.3 Å². The van der Waals surface area contributed by atoms with E-state index in [0.717, 1.165) is 23.4 Å². The minimum atomic E-state index is -2.85. The molecule has 6 nitrogen and oxygen atoms in total. The Labute approximate surface area is 160 Å². The van der Waals surface area contributed by atoms with Gasteiger partial charge in [-0.2, -0.15) is 4.98 Å². The van der Waals surface area contributed by atoms with Gasteiger partial charge >= 0.3 is 0 Å². The highest BCUT2D eigenvalue weighted by atomic mass is 19.3. The van der Waals surface area contributed by atoms with Crippen molar-refractivity contribution >= 4 is 22.8 Å². The standard InChI is InChI=1S/C20H20F2N4O2/c1-19(2)7-15(27)12-5-4-11(6-16(12)28-19)13-8-23-17-14(13)9-24-18(26-17)25-10-20(3,21)22/h4-6,8-9H,7,10H2,1-3H3,(H2,23,24,25,26). The van der Waals surface area contributed by atoms with Crippen molar-refractivity contribution in [2.24, 2.45) is 0 Å². The third kappa shape index (κ3) is 3.54. The zero-order chi connectivity index (χ0) is 20.1. The number of rotatable bonds is 4. The van der Waals surface area contributed by atoms with E-state index in [9.17, 15) is 13.6 Å². The Morgan fingerprint density at radius 3 is 2.86 bits per heavy atom. The van der Waals surface area contributed by atoms with Crippen LogP contribution >= 0.6 is 0 Å². The van der Waals surface area contributed by atoms with E-state index in [0.29, 0.717) is 23.4 Å². The number of carbonyl (C=O) groups excluding carboxylic acids is 1. The van der Waals surface area contributed by atoms with Crippen LogP contribution in [0, 0.1) is 0 Å². The van der Waals surface area contributed by atoms with Gasteiger partial charge in [-0.15, -0.1) is 0 Å². The van der Waals surface area contributed by atoms with Crippen molar-refractivity contribution in [1.82, 2.24) is 15.0 Å². The van der Waals surface area contributed by atoms with Crippen LogP contribution in [0.25, 0.3) is 22.2 Å². The summed E-state index contributed by atoms with van der Waals surface area (Å²) in [5.74, 6) is -2.11. The first kappa shape index (κ1) is 18.3. The molecule has 0 atom stereocenters. The average Bonchev–Trinajstić information content (AvgIpc) is 3.01. The fraction of sp³-hybridized carbons (Fsp3) is 0.350. The lowest BCUT2D eigenvalue weighted by Crippen LogP contribution is -2.35. The summed E-state index contributed by atoms with van der Waals surface area (Å²) in [7, 11) is 0. The predicted molar refractivity (Wildman–Crippen MR) is 102 cm³/mol. The largest absolute Gasteiger partial charge is 0.487 e. The Kier molecular flexibility index (Phi) is 4.10. The molecule has 8 heteroatoms. The maximum absolute atomic E-state index is 13.0. The van der Waals surface area contributed by atoms with Crippen LogP contribution in [0.1, 0.15) is 37.6 Å². The maximum Gasteiger partial charge on any atom is 0.262 e. The van der Waals surface area contributed by atoms with Crippen LogP contribution in [0.5, 0.6) is 5.75 Å². The number of nitrogens with one attached hydrogen (secondary N) is 2. The number of hydrogen-bond donors (Lipinski definition) is 2. The molecule has 4 rings (SSSR count). The molecule has 28 heavy (non-hydrogen) atoms. The van der Waals surface area contributed by atoms with Crippen LogP contribution in [0.15, 0.2) is 30.6 Å². The van der Waals surface area contributed by atoms with Gasteiger partial charge in [0.25, 0.3) is 5.92 Å². The molecule has 0 radical (unpaired) electrons. The molecule has 2 aromatic heterocycles. The van der Waals surface area contributed by atoms with Crippen molar-refractivity contribution in [2.75, 3.05) is 11.9 Å². The minimum absolute atomic E-state index is 0.0588. The predicted octanol–water partition coefficient (Wildman–Crippen LogP) is 4.44. The fourth-order valence-electron chi connectivity index (χ4n) is 3.29. The summed E-state index contributed by atoms with van der Waals surface area (Å²) in [6, 6.07) is 5.45. The van der Waals surface area contributed by atoms with E-state index in [2.05, 4.69) is 20.3 Å². The van der Waals surface area contributed by atoms with Crippen molar-refractivity contribution in [2.45, 2.75) is 38.7 Å². The maximum atomic E-state index is 13.0. The highest BCUT2D eigenvalue weighted by Crippen LogP contribution is 2.37. The van der Waals surface area contributed by atoms with E-state index in [1.165, 1.54) is 0 Å². The molecule has 1 aromatic carbocycles. The number of aromatic nitrogens is 3. The molecule has 0 amide bonds. The van der Waals surface area contributed by atoms with Gasteiger partial charge in [0.1, 0.15) is 17.0 Å². The van der Waals surface area contributed by atoms with Crippen molar-refractivity contribution in [3.8, 4) is 16.9 Å². The van der Waals surface area contributed by atoms with Gasteiger partial charge < -0.3 is 15.0 Å². The average molecular weight is 386 g/mol. The van der Waals surface area contributed by atoms with Gasteiger partial charge in [-0.25, -0.2) is 13.8 Å². The van der Waals surface area contributed by atoms with Crippen LogP contribution in [-0.4, -0.2) is 38.8 Å². The Morgan fingerprint density at radius 2 is 2.11 bits per heavy atom. The Hall–Kier alpha value is -3.03. The molecule has 0 spiro atoms. The number of aromatic amines is 1. The van der Waals surface area contributed by atoms with Crippen molar-refractivity contribution in [3.63, 3.8) is 0 Å². The normalized spacial score (nSPS) is 16.0. The van der Waals surface area contributed by atoms with Crippen LogP contribution in [-0.2, 0) is 0 Å². The lowest BCUT2D eigenvalue weighted by Gasteiger charge is -2.31. The smallest absolute Gasteiger partial charge is 0.262 e. The summed E-state index contributed by atoms with van der Waals surface area (Å²) in [5.41, 5.74) is 2.24. The van der Waals surface area contributed by atoms with Crippen molar-refractivity contribution in [3.05, 3.63) is 36.2 Å². The molecule has 0 fully saturated rings. The summed E-state index contributed by atoms with van der Waals surface area (Å²) in [5, 5.41) is 3.28. The Balaban J connectivity index is 1.68. The molecular weight excluding hydrogens is 366 g/mol. The zero-order valence-corrected chi connectivity index (χ0v) is 15.8. The molecule has 0 unspecified atom stereocenters. The van der Waals surface area contributed by atoms with Crippen LogP contribution < -0.4 is 10.1 Å². The van der Waals surface area contributed by atoms with Crippen molar-refractivity contribution < 1.29 is 18.3 Å². The molecule has 0 saturated heterocycles. The van der Waals surface area contributed by atoms with Gasteiger partial charge in [-0.05, 0) is 31.5 Å². The number of halogens is 2. The van der Waals surface area contributed by atoms with Crippen LogP contribution in [0.2, 0.25) is 0 Å². The first-order valence-electron chi connectivity index (χ1n) is 8.94. The number of ether oxygens (including phenoxy) is 1. The van der Waals surface area contributed by atoms with E-state index >= 15 is 0 Å². The fourth-order valence-corrected chi connectivity index (χ4v) is 3.29. The SMILES string of the molecule is CC(F)(F)CNc1ncc2c(-c3ccc4c(c3)OC(C)(C)CC4=O)c[nH]c2n1. The van der Waals surface area contributed by atoms with E-state index in [4.69, 9.17) is 4.74 Å². The molecule has 146 valence electrons. The molecular formula is C20H20F2N4O2. The number of carbonyl (C=O) groups is 1. The summed E-state index contributed by atoms with van der Waals surface area (Å²) in [6.45, 7) is 4.05. The molecule has 2 N–H and O–H groups in total. The number of fused-ring (bicyclic) bond motifs is 2. The first-order valence-corrected chi connectivity index (χ1v) is 8.94. The molecule has 1 aliphatic heterocycles. The van der Waals surface area contributed by atoms with E-state index in [-0.39, 0.29) is 11.7 Å². The highest BCUT2D eigenvalue weighted by molar-refractivity contribution is 6.02. The topological polar surface area (TPSA) is 79.9 Å². The third-order valence-electron chi connectivity index (χ3n) is 4.55. The van der Waals surface area contributed by atoms with Gasteiger partial charge in [-0.3, -0.25) is 4.79 Å². The Morgan fingerprint density at radius 1 is 1.32 bits per heavy atom. The van der Waals surface area contributed by atoms with Gasteiger partial charge in [0.15, 0.2) is 5.78 Å². The van der Waals surface area contributed by atoms with Gasteiger partial charge in [-0.1, -0.05) is 6.07 Å². The third-order valence-corrected chi connectivity index (χ3v) is 4.55. The first-order chi connectivity index (χ1) is 13.1. The second kappa shape index (κ2) is 6.25. The number of ketones is 1. The highest BCUT2D eigenvalue weighted by Gasteiger charge is 2.32. The summed E-state index contributed by atoms with van der Waals surface area (Å²) in [4.78, 5) is 23.7. The lowest BCUT2D eigenvalue weighted by atomic mass is 9.91. The lowest BCUT2D eigenvalue weighted by molar-refractivity contribution is 0.0365. The minimum Gasteiger partial charge on any atom is -0.487 e. The number of benzene rings is 1. The van der Waals surface area contributed by atoms with E-state index < -0.39 is 18.1 Å². The number of Topliss-reactive ketones (excluding diaryl/α,β-unsaturated/α-hetero) is 1. The van der Waals surface area contributed by atoms with Gasteiger partial charge in [0.2, 0.25) is 5.95 Å². The second-order valence-electron chi connectivity index (χ2n) is 7.75. The van der Waals surface area contributed by atoms with E-state index in [1.54, 1.807) is 18.5 Å². The monoisotopic (exact) mass is 386 g/mol. The number of anilines is 1. The Bertz CT molecular complexity index is 1070. The molecule has 0 aliphatic carbocycles. The zero-order valence-electron chi connectivity index (χ0n) is 15.8. The van der Waals surface area contributed by atoms with Crippen LogP contribution in [0.3, 0.4) is 0 Å². The van der Waals surface area contributed by atoms with E-state index in [1.807, 2.05) is 26.0 Å². The summed E-state index contributed by atoms with van der Waals surface area (Å²) in [6.07, 6.45) is 3.70. The number of alkyl halides is 2. The number of hydrogen-bond acceptors (Lipinski definition) is 5. The summed E-state index contributed by atoms with van der Waals surface area (Å²) >= 11 is 0. The molecule has 0 saturated carbocycles. The summed E-state index contributed by atoms with van der Waals surface area (Å²) < 4.78 is 32.0. The quantitative estimate of drug-likeness (QED) is 0.693. The van der Waals surface area contributed by atoms with Gasteiger partial charge in [0.05, 0.1) is 18.5 Å².